The number of nitrogens with one attached hydrogen (secondary N) is 5. The molecular formula is C40H31BrF3N9O3. The molecule has 282 valence electrons. The first-order chi connectivity index (χ1) is 27.0. The average Bonchev–Trinajstić information content (AvgIpc) is 3.15. The van der Waals surface area contributed by atoms with Crippen molar-refractivity contribution >= 4 is 73.6 Å². The molecule has 0 saturated heterocycles. The SMILES string of the molecule is C=CC(=O)Nc1cccc(Nc2cc(Oc3cc(C/C=C/C(=O)Nc4cccc(Nc5cc(Nc6cccc(Br)c6)ncn5)c4)cc(C(F)(F)F)c3)ncn2)c1. The fourth-order valence-electron chi connectivity index (χ4n) is 5.12. The third-order valence-electron chi connectivity index (χ3n) is 7.54. The third kappa shape index (κ3) is 11.5. The van der Waals surface area contributed by atoms with Crippen LogP contribution in [0.3, 0.4) is 0 Å². The number of carbonyl (C=O) groups is 2. The van der Waals surface area contributed by atoms with Crippen LogP contribution in [0.1, 0.15) is 11.1 Å². The molecule has 12 nitrogen and oxygen atoms in total. The van der Waals surface area contributed by atoms with Crippen molar-refractivity contribution in [3.05, 3.63) is 156 Å². The standard InChI is InChI=1S/C40H31BrF3N9O3/c1-2-37(54)52-31-12-5-11-30(19-31)51-36-22-39(48-24-47-36)56-33-16-25(15-26(17-33)40(42,43)44)7-3-14-38(55)53-32-13-6-10-29(20-32)50-35-21-34(45-23-46-35)49-28-9-4-8-27(41)18-28/h2-6,8-24H,1,7H2,(H,52,54)(H,53,55)(H,47,48,51)(H2,45,46,49,50)/b14-3+. The second kappa shape index (κ2) is 17.8. The highest BCUT2D eigenvalue weighted by atomic mass is 79.9. The Morgan fingerprint density at radius 1 is 0.679 bits per heavy atom. The molecule has 4 aromatic carbocycles. The number of hydrogen-bond donors (Lipinski definition) is 5. The number of hydrogen-bond acceptors (Lipinski definition) is 10. The Balaban J connectivity index is 1.08. The lowest BCUT2D eigenvalue weighted by Crippen LogP contribution is -2.08. The van der Waals surface area contributed by atoms with Gasteiger partial charge in [-0.2, -0.15) is 13.2 Å². The molecule has 0 atom stereocenters. The summed E-state index contributed by atoms with van der Waals surface area (Å²) in [7, 11) is 0. The van der Waals surface area contributed by atoms with Crippen molar-refractivity contribution in [3.8, 4) is 11.6 Å². The summed E-state index contributed by atoms with van der Waals surface area (Å²) in [6.07, 6.45) is 1.78. The summed E-state index contributed by atoms with van der Waals surface area (Å²) < 4.78 is 48.3. The summed E-state index contributed by atoms with van der Waals surface area (Å²) in [6.45, 7) is 3.43. The van der Waals surface area contributed by atoms with Crippen LogP contribution in [0.15, 0.2) is 145 Å². The number of allylic oxidation sites excluding steroid dienone is 1. The van der Waals surface area contributed by atoms with Crippen LogP contribution in [0.25, 0.3) is 0 Å². The molecule has 5 N–H and O–H groups in total. The molecule has 0 bridgehead atoms. The second-order valence-corrected chi connectivity index (χ2v) is 12.7. The number of anilines is 8. The molecule has 0 radical (unpaired) electrons. The van der Waals surface area contributed by atoms with E-state index < -0.39 is 17.6 Å². The highest BCUT2D eigenvalue weighted by Gasteiger charge is 2.31. The van der Waals surface area contributed by atoms with Crippen LogP contribution in [0, 0.1) is 0 Å². The van der Waals surface area contributed by atoms with E-state index in [1.54, 1.807) is 54.6 Å². The van der Waals surface area contributed by atoms with Gasteiger partial charge in [0.2, 0.25) is 17.7 Å². The predicted molar refractivity (Wildman–Crippen MR) is 213 cm³/mol. The molecule has 0 saturated carbocycles. The van der Waals surface area contributed by atoms with Gasteiger partial charge in [0, 0.05) is 45.0 Å². The molecule has 6 rings (SSSR count). The summed E-state index contributed by atoms with van der Waals surface area (Å²) in [4.78, 5) is 41.1. The van der Waals surface area contributed by atoms with Crippen molar-refractivity contribution in [1.29, 1.82) is 0 Å². The van der Waals surface area contributed by atoms with Gasteiger partial charge in [-0.1, -0.05) is 46.8 Å². The topological polar surface area (TPSA) is 155 Å². The Hall–Kier alpha value is -7.07. The first-order valence-corrected chi connectivity index (χ1v) is 17.5. The van der Waals surface area contributed by atoms with E-state index in [1.165, 1.54) is 36.9 Å². The van der Waals surface area contributed by atoms with Crippen LogP contribution in [-0.2, 0) is 22.2 Å². The smallest absolute Gasteiger partial charge is 0.416 e. The summed E-state index contributed by atoms with van der Waals surface area (Å²) >= 11 is 3.44. The average molecular weight is 823 g/mol. The summed E-state index contributed by atoms with van der Waals surface area (Å²) in [5.41, 5.74) is 2.35. The maximum absolute atomic E-state index is 13.9. The number of amides is 2. The Kier molecular flexibility index (Phi) is 12.3. The summed E-state index contributed by atoms with van der Waals surface area (Å²) in [5, 5.41) is 14.8. The van der Waals surface area contributed by atoms with Crippen molar-refractivity contribution in [3.63, 3.8) is 0 Å². The number of benzene rings is 4. The van der Waals surface area contributed by atoms with E-state index in [2.05, 4.69) is 69.0 Å². The quantitative estimate of drug-likeness (QED) is 0.0671. The third-order valence-corrected chi connectivity index (χ3v) is 8.03. The van der Waals surface area contributed by atoms with Crippen LogP contribution in [0.4, 0.5) is 59.1 Å². The second-order valence-electron chi connectivity index (χ2n) is 11.8. The molecule has 0 aliphatic carbocycles. The van der Waals surface area contributed by atoms with Gasteiger partial charge in [0.1, 0.15) is 35.9 Å². The van der Waals surface area contributed by atoms with E-state index in [4.69, 9.17) is 4.74 Å². The molecule has 0 spiro atoms. The molecule has 0 unspecified atom stereocenters. The van der Waals surface area contributed by atoms with Gasteiger partial charge in [0.05, 0.1) is 5.56 Å². The van der Waals surface area contributed by atoms with E-state index >= 15 is 0 Å². The zero-order chi connectivity index (χ0) is 39.5. The van der Waals surface area contributed by atoms with Crippen LogP contribution >= 0.6 is 15.9 Å². The number of ether oxygens (including phenoxy) is 1. The largest absolute Gasteiger partial charge is 0.439 e. The fraction of sp³-hybridized carbons (Fsp3) is 0.0500. The van der Waals surface area contributed by atoms with Gasteiger partial charge < -0.3 is 31.3 Å². The molecule has 16 heteroatoms. The van der Waals surface area contributed by atoms with Crippen molar-refractivity contribution in [2.75, 3.05) is 26.6 Å². The summed E-state index contributed by atoms with van der Waals surface area (Å²) in [6, 6.07) is 27.8. The lowest BCUT2D eigenvalue weighted by atomic mass is 10.1. The Morgan fingerprint density at radius 2 is 1.23 bits per heavy atom. The summed E-state index contributed by atoms with van der Waals surface area (Å²) in [5.74, 6) is 0.376. The number of aromatic nitrogens is 4. The number of halogens is 4. The molecule has 6 aromatic rings. The first kappa shape index (κ1) is 38.6. The first-order valence-electron chi connectivity index (χ1n) is 16.7. The lowest BCUT2D eigenvalue weighted by molar-refractivity contribution is -0.137. The molecule has 2 heterocycles. The highest BCUT2D eigenvalue weighted by Crippen LogP contribution is 2.34. The van der Waals surface area contributed by atoms with E-state index in [0.29, 0.717) is 34.4 Å². The van der Waals surface area contributed by atoms with Crippen molar-refractivity contribution in [2.24, 2.45) is 0 Å². The molecule has 0 fully saturated rings. The monoisotopic (exact) mass is 821 g/mol. The number of rotatable bonds is 14. The molecular weight excluding hydrogens is 791 g/mol. The molecule has 56 heavy (non-hydrogen) atoms. The molecule has 0 aliphatic rings. The minimum absolute atomic E-state index is 0.00534. The van der Waals surface area contributed by atoms with Gasteiger partial charge in [-0.25, -0.2) is 19.9 Å². The minimum atomic E-state index is -4.66. The minimum Gasteiger partial charge on any atom is -0.439 e. The van der Waals surface area contributed by atoms with Crippen molar-refractivity contribution in [2.45, 2.75) is 12.6 Å². The highest BCUT2D eigenvalue weighted by molar-refractivity contribution is 9.10. The van der Waals surface area contributed by atoms with Gasteiger partial charge >= 0.3 is 6.18 Å². The van der Waals surface area contributed by atoms with Crippen molar-refractivity contribution in [1.82, 2.24) is 19.9 Å². The van der Waals surface area contributed by atoms with Crippen LogP contribution in [-0.4, -0.2) is 31.8 Å². The van der Waals surface area contributed by atoms with Gasteiger partial charge in [0.15, 0.2) is 0 Å². The Labute approximate surface area is 327 Å². The fourth-order valence-corrected chi connectivity index (χ4v) is 5.52. The Bertz CT molecular complexity index is 2410. The Morgan fingerprint density at radius 3 is 1.84 bits per heavy atom. The van der Waals surface area contributed by atoms with Gasteiger partial charge in [-0.05, 0) is 96.9 Å². The zero-order valence-electron chi connectivity index (χ0n) is 29.1. The molecule has 2 amide bonds. The van der Waals surface area contributed by atoms with Crippen LogP contribution in [0.2, 0.25) is 0 Å². The lowest BCUT2D eigenvalue weighted by Gasteiger charge is -2.13. The number of carbonyl (C=O) groups excluding carboxylic acids is 2. The van der Waals surface area contributed by atoms with Gasteiger partial charge in [-0.3, -0.25) is 9.59 Å². The number of nitrogens with zero attached hydrogens (tertiary/aromatic N) is 4. The maximum atomic E-state index is 13.9. The number of alkyl halides is 3. The zero-order valence-corrected chi connectivity index (χ0v) is 30.7. The van der Waals surface area contributed by atoms with E-state index in [0.717, 1.165) is 28.4 Å². The van der Waals surface area contributed by atoms with Gasteiger partial charge in [-0.15, -0.1) is 0 Å². The van der Waals surface area contributed by atoms with E-state index in [9.17, 15) is 22.8 Å². The van der Waals surface area contributed by atoms with E-state index in [1.807, 2.05) is 24.3 Å². The van der Waals surface area contributed by atoms with Crippen LogP contribution in [0.5, 0.6) is 11.6 Å². The predicted octanol–water partition coefficient (Wildman–Crippen LogP) is 9.93. The normalized spacial score (nSPS) is 11.1. The van der Waals surface area contributed by atoms with Crippen LogP contribution < -0.4 is 31.3 Å². The van der Waals surface area contributed by atoms with E-state index in [-0.39, 0.29) is 35.3 Å². The molecule has 2 aromatic heterocycles. The van der Waals surface area contributed by atoms with Gasteiger partial charge in [0.25, 0.3) is 0 Å². The van der Waals surface area contributed by atoms with Crippen molar-refractivity contribution < 1.29 is 27.5 Å². The molecule has 0 aliphatic heterocycles. The maximum Gasteiger partial charge on any atom is 0.416 e.